The first kappa shape index (κ1) is 13.3. The minimum atomic E-state index is 0.232. The summed E-state index contributed by atoms with van der Waals surface area (Å²) in [6.07, 6.45) is 4.06. The summed E-state index contributed by atoms with van der Waals surface area (Å²) in [5.41, 5.74) is 6.69. The quantitative estimate of drug-likeness (QED) is 0.807. The van der Waals surface area contributed by atoms with Crippen LogP contribution in [0, 0.1) is 5.41 Å². The van der Waals surface area contributed by atoms with Gasteiger partial charge in [0, 0.05) is 37.8 Å². The van der Waals surface area contributed by atoms with E-state index in [1.54, 1.807) is 0 Å². The summed E-state index contributed by atoms with van der Waals surface area (Å²) in [6, 6.07) is 0.881. The second-order valence-corrected chi connectivity index (χ2v) is 7.30. The van der Waals surface area contributed by atoms with E-state index in [0.29, 0.717) is 5.41 Å². The molecule has 1 unspecified atom stereocenters. The molecule has 1 atom stereocenters. The van der Waals surface area contributed by atoms with Gasteiger partial charge in [-0.1, -0.05) is 20.8 Å². The Bertz CT molecular complexity index is 267. The van der Waals surface area contributed by atoms with Gasteiger partial charge in [-0.05, 0) is 31.7 Å². The molecule has 1 saturated heterocycles. The largest absolute Gasteiger partial charge is 0.329 e. The lowest BCUT2D eigenvalue weighted by Gasteiger charge is -2.41. The standard InChI is InChI=1S/C14H29N3/c1-13(2,3)10-16(4)14(9-15)7-8-17(11-14)12-5-6-12/h12H,5-11,15H2,1-4H3. The van der Waals surface area contributed by atoms with E-state index in [9.17, 15) is 0 Å². The molecule has 0 aromatic heterocycles. The summed E-state index contributed by atoms with van der Waals surface area (Å²) < 4.78 is 0. The predicted molar refractivity (Wildman–Crippen MR) is 73.1 cm³/mol. The molecule has 2 aliphatic rings. The molecule has 1 heterocycles. The first-order valence-corrected chi connectivity index (χ1v) is 7.02. The molecule has 0 spiro atoms. The van der Waals surface area contributed by atoms with Crippen LogP contribution in [0.15, 0.2) is 0 Å². The van der Waals surface area contributed by atoms with Crippen molar-refractivity contribution in [3.05, 3.63) is 0 Å². The van der Waals surface area contributed by atoms with Crippen LogP contribution in [0.25, 0.3) is 0 Å². The highest BCUT2D eigenvalue weighted by atomic mass is 15.3. The van der Waals surface area contributed by atoms with Crippen LogP contribution in [0.3, 0.4) is 0 Å². The van der Waals surface area contributed by atoms with E-state index in [4.69, 9.17) is 5.73 Å². The number of nitrogens with two attached hydrogens (primary N) is 1. The van der Waals surface area contributed by atoms with Crippen molar-refractivity contribution in [3.63, 3.8) is 0 Å². The van der Waals surface area contributed by atoms with Gasteiger partial charge in [0.1, 0.15) is 0 Å². The molecule has 0 aromatic carbocycles. The molecule has 100 valence electrons. The fourth-order valence-corrected chi connectivity index (χ4v) is 3.15. The highest BCUT2D eigenvalue weighted by Crippen LogP contribution is 2.36. The highest BCUT2D eigenvalue weighted by Gasteiger charge is 2.45. The Kier molecular flexibility index (Phi) is 3.54. The maximum atomic E-state index is 6.10. The molecule has 2 fully saturated rings. The highest BCUT2D eigenvalue weighted by molar-refractivity contribution is 5.03. The molecule has 1 saturated carbocycles. The van der Waals surface area contributed by atoms with Crippen molar-refractivity contribution in [1.29, 1.82) is 0 Å². The van der Waals surface area contributed by atoms with Gasteiger partial charge in [-0.25, -0.2) is 0 Å². The van der Waals surface area contributed by atoms with Crippen LogP contribution in [0.5, 0.6) is 0 Å². The maximum absolute atomic E-state index is 6.10. The Labute approximate surface area is 106 Å². The molecule has 0 radical (unpaired) electrons. The van der Waals surface area contributed by atoms with Crippen molar-refractivity contribution < 1.29 is 0 Å². The van der Waals surface area contributed by atoms with E-state index in [1.165, 1.54) is 32.4 Å². The first-order chi connectivity index (χ1) is 7.86. The molecule has 17 heavy (non-hydrogen) atoms. The number of nitrogens with zero attached hydrogens (tertiary/aromatic N) is 2. The number of likely N-dealkylation sites (tertiary alicyclic amines) is 1. The minimum absolute atomic E-state index is 0.232. The van der Waals surface area contributed by atoms with Crippen LogP contribution in [0.2, 0.25) is 0 Å². The van der Waals surface area contributed by atoms with E-state index in [1.807, 2.05) is 0 Å². The topological polar surface area (TPSA) is 32.5 Å². The van der Waals surface area contributed by atoms with Gasteiger partial charge in [-0.2, -0.15) is 0 Å². The Morgan fingerprint density at radius 2 is 2.00 bits per heavy atom. The average Bonchev–Trinajstić information content (AvgIpc) is 2.96. The summed E-state index contributed by atoms with van der Waals surface area (Å²) in [6.45, 7) is 11.3. The lowest BCUT2D eigenvalue weighted by molar-refractivity contribution is 0.0899. The lowest BCUT2D eigenvalue weighted by atomic mass is 9.90. The van der Waals surface area contributed by atoms with Crippen LogP contribution in [-0.2, 0) is 0 Å². The SMILES string of the molecule is CN(CC(C)(C)C)C1(CN)CCN(C2CC2)C1. The van der Waals surface area contributed by atoms with E-state index in [0.717, 1.165) is 19.1 Å². The van der Waals surface area contributed by atoms with Crippen molar-refractivity contribution in [2.45, 2.75) is 51.6 Å². The third-order valence-corrected chi connectivity index (χ3v) is 4.33. The van der Waals surface area contributed by atoms with Crippen LogP contribution in [0.1, 0.15) is 40.0 Å². The van der Waals surface area contributed by atoms with E-state index >= 15 is 0 Å². The Balaban J connectivity index is 1.99. The Hall–Kier alpha value is -0.120. The summed E-state index contributed by atoms with van der Waals surface area (Å²) in [7, 11) is 2.26. The summed E-state index contributed by atoms with van der Waals surface area (Å²) in [5.74, 6) is 0. The average molecular weight is 239 g/mol. The van der Waals surface area contributed by atoms with Crippen molar-refractivity contribution >= 4 is 0 Å². The third kappa shape index (κ3) is 3.01. The van der Waals surface area contributed by atoms with Gasteiger partial charge >= 0.3 is 0 Å². The third-order valence-electron chi connectivity index (χ3n) is 4.33. The van der Waals surface area contributed by atoms with Crippen LogP contribution >= 0.6 is 0 Å². The van der Waals surface area contributed by atoms with Crippen molar-refractivity contribution in [3.8, 4) is 0 Å². The summed E-state index contributed by atoms with van der Waals surface area (Å²) in [4.78, 5) is 5.18. The summed E-state index contributed by atoms with van der Waals surface area (Å²) >= 11 is 0. The molecule has 2 rings (SSSR count). The fraction of sp³-hybridized carbons (Fsp3) is 1.00. The van der Waals surface area contributed by atoms with Crippen molar-refractivity contribution in [2.24, 2.45) is 11.1 Å². The van der Waals surface area contributed by atoms with E-state index in [2.05, 4.69) is 37.6 Å². The Morgan fingerprint density at radius 1 is 1.35 bits per heavy atom. The number of hydrogen-bond acceptors (Lipinski definition) is 3. The van der Waals surface area contributed by atoms with Gasteiger partial charge in [0.15, 0.2) is 0 Å². The fourth-order valence-electron chi connectivity index (χ4n) is 3.15. The smallest absolute Gasteiger partial charge is 0.0467 e. The molecule has 0 aromatic rings. The van der Waals surface area contributed by atoms with Crippen LogP contribution in [-0.4, -0.2) is 54.6 Å². The molecule has 3 heteroatoms. The molecule has 2 N–H and O–H groups in total. The molecule has 0 amide bonds. The van der Waals surface area contributed by atoms with E-state index in [-0.39, 0.29) is 5.54 Å². The normalized spacial score (nSPS) is 31.4. The number of likely N-dealkylation sites (N-methyl/N-ethyl adjacent to an activating group) is 1. The van der Waals surface area contributed by atoms with Crippen molar-refractivity contribution in [2.75, 3.05) is 33.2 Å². The van der Waals surface area contributed by atoms with Gasteiger partial charge in [0.25, 0.3) is 0 Å². The minimum Gasteiger partial charge on any atom is -0.329 e. The van der Waals surface area contributed by atoms with Gasteiger partial charge in [-0.3, -0.25) is 9.80 Å². The predicted octanol–water partition coefficient (Wildman–Crippen LogP) is 1.53. The monoisotopic (exact) mass is 239 g/mol. The summed E-state index contributed by atoms with van der Waals surface area (Å²) in [5, 5.41) is 0. The van der Waals surface area contributed by atoms with E-state index < -0.39 is 0 Å². The van der Waals surface area contributed by atoms with Gasteiger partial charge in [-0.15, -0.1) is 0 Å². The van der Waals surface area contributed by atoms with Gasteiger partial charge < -0.3 is 5.73 Å². The van der Waals surface area contributed by atoms with Gasteiger partial charge in [0.05, 0.1) is 0 Å². The molecule has 1 aliphatic heterocycles. The van der Waals surface area contributed by atoms with Crippen LogP contribution < -0.4 is 5.73 Å². The second-order valence-electron chi connectivity index (χ2n) is 7.30. The first-order valence-electron chi connectivity index (χ1n) is 7.02. The van der Waals surface area contributed by atoms with Crippen molar-refractivity contribution in [1.82, 2.24) is 9.80 Å². The molecule has 3 nitrogen and oxygen atoms in total. The van der Waals surface area contributed by atoms with Crippen LogP contribution in [0.4, 0.5) is 0 Å². The number of hydrogen-bond donors (Lipinski definition) is 1. The molecular weight excluding hydrogens is 210 g/mol. The molecule has 0 bridgehead atoms. The molecule has 1 aliphatic carbocycles. The Morgan fingerprint density at radius 3 is 2.47 bits per heavy atom. The second kappa shape index (κ2) is 4.52. The van der Waals surface area contributed by atoms with Gasteiger partial charge in [0.2, 0.25) is 0 Å². The molecular formula is C14H29N3. The zero-order chi connectivity index (χ0) is 12.7. The number of rotatable bonds is 4. The lowest BCUT2D eigenvalue weighted by Crippen LogP contribution is -2.56. The zero-order valence-electron chi connectivity index (χ0n) is 12.0. The zero-order valence-corrected chi connectivity index (χ0v) is 12.0. The maximum Gasteiger partial charge on any atom is 0.0467 e.